The van der Waals surface area contributed by atoms with E-state index < -0.39 is 12.3 Å². The SMILES string of the molecule is Nc1cc(C(=O)O)nc(C2Oc3ccccc3O2)c1. The number of fused-ring (bicyclic) bond motifs is 1. The van der Waals surface area contributed by atoms with Crippen LogP contribution in [0.2, 0.25) is 0 Å². The monoisotopic (exact) mass is 258 g/mol. The topological polar surface area (TPSA) is 94.7 Å². The largest absolute Gasteiger partial charge is 0.477 e. The van der Waals surface area contributed by atoms with Crippen molar-refractivity contribution in [3.8, 4) is 11.5 Å². The third-order valence-corrected chi connectivity index (χ3v) is 2.65. The number of carboxylic acid groups (broad SMARTS) is 1. The fourth-order valence-electron chi connectivity index (χ4n) is 1.82. The Morgan fingerprint density at radius 2 is 1.84 bits per heavy atom. The molecular formula is C13H10N2O4. The highest BCUT2D eigenvalue weighted by atomic mass is 16.7. The molecular weight excluding hydrogens is 248 g/mol. The van der Waals surface area contributed by atoms with Gasteiger partial charge in [-0.3, -0.25) is 0 Å². The molecule has 0 unspecified atom stereocenters. The Balaban J connectivity index is 1.95. The van der Waals surface area contributed by atoms with E-state index in [1.165, 1.54) is 12.1 Å². The molecule has 3 N–H and O–H groups in total. The van der Waals surface area contributed by atoms with E-state index in [9.17, 15) is 4.79 Å². The van der Waals surface area contributed by atoms with Crippen LogP contribution in [0.25, 0.3) is 0 Å². The molecule has 19 heavy (non-hydrogen) atoms. The van der Waals surface area contributed by atoms with Crippen LogP contribution in [0.1, 0.15) is 22.5 Å². The van der Waals surface area contributed by atoms with Crippen molar-refractivity contribution in [1.82, 2.24) is 4.98 Å². The maximum absolute atomic E-state index is 10.9. The van der Waals surface area contributed by atoms with Crippen molar-refractivity contribution in [2.75, 3.05) is 5.73 Å². The molecule has 0 aliphatic carbocycles. The lowest BCUT2D eigenvalue weighted by atomic mass is 10.2. The molecule has 1 aliphatic rings. The van der Waals surface area contributed by atoms with Gasteiger partial charge >= 0.3 is 5.97 Å². The van der Waals surface area contributed by atoms with Crippen molar-refractivity contribution in [1.29, 1.82) is 0 Å². The number of carboxylic acids is 1. The van der Waals surface area contributed by atoms with E-state index in [2.05, 4.69) is 4.98 Å². The molecule has 2 heterocycles. The first-order chi connectivity index (χ1) is 9.13. The third-order valence-electron chi connectivity index (χ3n) is 2.65. The Labute approximate surface area is 108 Å². The van der Waals surface area contributed by atoms with Crippen molar-refractivity contribution >= 4 is 11.7 Å². The number of nitrogen functional groups attached to an aromatic ring is 1. The molecule has 1 aliphatic heterocycles. The van der Waals surface area contributed by atoms with Crippen LogP contribution in [0.4, 0.5) is 5.69 Å². The Hall–Kier alpha value is -2.76. The van der Waals surface area contributed by atoms with Gasteiger partial charge in [-0.05, 0) is 24.3 Å². The van der Waals surface area contributed by atoms with Gasteiger partial charge in [-0.25, -0.2) is 9.78 Å². The molecule has 0 radical (unpaired) electrons. The quantitative estimate of drug-likeness (QED) is 0.853. The molecule has 3 rings (SSSR count). The highest BCUT2D eigenvalue weighted by Crippen LogP contribution is 2.39. The average molecular weight is 258 g/mol. The van der Waals surface area contributed by atoms with E-state index in [0.29, 0.717) is 22.9 Å². The summed E-state index contributed by atoms with van der Waals surface area (Å²) in [6.45, 7) is 0. The summed E-state index contributed by atoms with van der Waals surface area (Å²) < 4.78 is 11.1. The summed E-state index contributed by atoms with van der Waals surface area (Å²) >= 11 is 0. The molecule has 2 aromatic rings. The first-order valence-electron chi connectivity index (χ1n) is 5.56. The number of rotatable bonds is 2. The highest BCUT2D eigenvalue weighted by molar-refractivity contribution is 5.86. The van der Waals surface area contributed by atoms with E-state index in [4.69, 9.17) is 20.3 Å². The Kier molecular flexibility index (Phi) is 2.49. The van der Waals surface area contributed by atoms with Crippen molar-refractivity contribution in [2.45, 2.75) is 6.29 Å². The zero-order valence-electron chi connectivity index (χ0n) is 9.74. The smallest absolute Gasteiger partial charge is 0.354 e. The summed E-state index contributed by atoms with van der Waals surface area (Å²) in [5.41, 5.74) is 6.14. The van der Waals surface area contributed by atoms with Crippen molar-refractivity contribution in [3.05, 3.63) is 47.8 Å². The van der Waals surface area contributed by atoms with Gasteiger partial charge in [-0.15, -0.1) is 0 Å². The number of aromatic carboxylic acids is 1. The molecule has 1 aromatic carbocycles. The molecule has 6 heteroatoms. The van der Waals surface area contributed by atoms with Crippen molar-refractivity contribution < 1.29 is 19.4 Å². The van der Waals surface area contributed by atoms with E-state index >= 15 is 0 Å². The molecule has 1 aromatic heterocycles. The minimum absolute atomic E-state index is 0.141. The number of aromatic nitrogens is 1. The van der Waals surface area contributed by atoms with Crippen LogP contribution >= 0.6 is 0 Å². The van der Waals surface area contributed by atoms with Crippen LogP contribution in [0.3, 0.4) is 0 Å². The minimum atomic E-state index is -1.15. The van der Waals surface area contributed by atoms with Gasteiger partial charge in [-0.2, -0.15) is 0 Å². The summed E-state index contributed by atoms with van der Waals surface area (Å²) in [7, 11) is 0. The maximum Gasteiger partial charge on any atom is 0.354 e. The molecule has 0 atom stereocenters. The van der Waals surface area contributed by atoms with Crippen LogP contribution in [0.5, 0.6) is 11.5 Å². The van der Waals surface area contributed by atoms with E-state index in [-0.39, 0.29) is 5.69 Å². The first-order valence-corrected chi connectivity index (χ1v) is 5.56. The standard InChI is InChI=1S/C13H10N2O4/c14-7-5-8(12(16)17)15-9(6-7)13-18-10-3-1-2-4-11(10)19-13/h1-6,13H,(H2,14,15)(H,16,17). The van der Waals surface area contributed by atoms with E-state index in [0.717, 1.165) is 0 Å². The van der Waals surface area contributed by atoms with Crippen LogP contribution in [0, 0.1) is 0 Å². The number of para-hydroxylation sites is 2. The zero-order chi connectivity index (χ0) is 13.4. The molecule has 0 saturated carbocycles. The number of carbonyl (C=O) groups is 1. The van der Waals surface area contributed by atoms with E-state index in [1.807, 2.05) is 12.1 Å². The normalized spacial score (nSPS) is 13.5. The molecule has 0 amide bonds. The zero-order valence-corrected chi connectivity index (χ0v) is 9.74. The van der Waals surface area contributed by atoms with Crippen LogP contribution in [-0.4, -0.2) is 16.1 Å². The van der Waals surface area contributed by atoms with Gasteiger partial charge in [0.2, 0.25) is 0 Å². The molecule has 6 nitrogen and oxygen atoms in total. The minimum Gasteiger partial charge on any atom is -0.477 e. The van der Waals surface area contributed by atoms with E-state index in [1.54, 1.807) is 12.1 Å². The molecule has 0 bridgehead atoms. The predicted octanol–water partition coefficient (Wildman–Crippen LogP) is 1.83. The van der Waals surface area contributed by atoms with Gasteiger partial charge in [0.05, 0.1) is 0 Å². The number of nitrogens with two attached hydrogens (primary N) is 1. The Morgan fingerprint density at radius 1 is 1.21 bits per heavy atom. The number of ether oxygens (including phenoxy) is 2. The lowest BCUT2D eigenvalue weighted by Gasteiger charge is -2.10. The van der Waals surface area contributed by atoms with Crippen LogP contribution in [0.15, 0.2) is 36.4 Å². The van der Waals surface area contributed by atoms with Gasteiger partial charge < -0.3 is 20.3 Å². The molecule has 0 fully saturated rings. The van der Waals surface area contributed by atoms with Crippen LogP contribution < -0.4 is 15.2 Å². The van der Waals surface area contributed by atoms with Gasteiger partial charge in [0.15, 0.2) is 17.2 Å². The summed E-state index contributed by atoms with van der Waals surface area (Å²) in [5.74, 6) is 0.0336. The summed E-state index contributed by atoms with van der Waals surface area (Å²) in [4.78, 5) is 14.9. The number of anilines is 1. The second-order valence-electron chi connectivity index (χ2n) is 4.03. The van der Waals surface area contributed by atoms with Gasteiger partial charge in [0, 0.05) is 5.69 Å². The number of hydrogen-bond acceptors (Lipinski definition) is 5. The maximum atomic E-state index is 10.9. The predicted molar refractivity (Wildman–Crippen MR) is 66.0 cm³/mol. The van der Waals surface area contributed by atoms with Gasteiger partial charge in [-0.1, -0.05) is 12.1 Å². The number of pyridine rings is 1. The number of benzene rings is 1. The third kappa shape index (κ3) is 2.03. The molecule has 96 valence electrons. The summed E-state index contributed by atoms with van der Waals surface area (Å²) in [5, 5.41) is 8.95. The molecule has 0 spiro atoms. The second-order valence-corrected chi connectivity index (χ2v) is 4.03. The lowest BCUT2D eigenvalue weighted by Crippen LogP contribution is -2.13. The second kappa shape index (κ2) is 4.16. The average Bonchev–Trinajstić information content (AvgIpc) is 2.81. The van der Waals surface area contributed by atoms with Crippen LogP contribution in [-0.2, 0) is 0 Å². The Morgan fingerprint density at radius 3 is 2.42 bits per heavy atom. The highest BCUT2D eigenvalue weighted by Gasteiger charge is 2.27. The summed E-state index contributed by atoms with van der Waals surface area (Å²) in [6.07, 6.45) is -0.779. The first kappa shape index (κ1) is 11.3. The van der Waals surface area contributed by atoms with Crippen molar-refractivity contribution in [3.63, 3.8) is 0 Å². The Bertz CT molecular complexity index is 632. The number of nitrogens with zero attached hydrogens (tertiary/aromatic N) is 1. The van der Waals surface area contributed by atoms with Gasteiger partial charge in [0.25, 0.3) is 6.29 Å². The fraction of sp³-hybridized carbons (Fsp3) is 0.0769. The number of hydrogen-bond donors (Lipinski definition) is 2. The molecule has 0 saturated heterocycles. The lowest BCUT2D eigenvalue weighted by molar-refractivity contribution is 0.0443. The summed E-state index contributed by atoms with van der Waals surface area (Å²) in [6, 6.07) is 9.98. The van der Waals surface area contributed by atoms with Crippen molar-refractivity contribution in [2.24, 2.45) is 0 Å². The van der Waals surface area contributed by atoms with Gasteiger partial charge in [0.1, 0.15) is 5.69 Å². The fourth-order valence-corrected chi connectivity index (χ4v) is 1.82.